The van der Waals surface area contributed by atoms with E-state index in [1.165, 1.54) is 0 Å². The van der Waals surface area contributed by atoms with Gasteiger partial charge in [0.1, 0.15) is 6.61 Å². The quantitative estimate of drug-likeness (QED) is 0.419. The van der Waals surface area contributed by atoms with Gasteiger partial charge in [0.15, 0.2) is 11.5 Å². The van der Waals surface area contributed by atoms with Gasteiger partial charge in [-0.3, -0.25) is 9.59 Å². The predicted octanol–water partition coefficient (Wildman–Crippen LogP) is 3.40. The molecule has 3 aromatic carbocycles. The second-order valence-corrected chi connectivity index (χ2v) is 7.37. The standard InChI is InChI=1S/C26H29N3O4/c1-27-26(31)21-9-6-10-22(16-21)29-17-25(30)28-14-13-19-11-12-23(24(15-19)32-2)33-18-20-7-4-3-5-8-20/h3-12,15-16,29H,13-14,17-18H2,1-2H3,(H,27,31)(H,28,30). The molecule has 0 aliphatic rings. The van der Waals surface area contributed by atoms with Crippen molar-refractivity contribution in [3.63, 3.8) is 0 Å². The minimum atomic E-state index is -0.171. The normalized spacial score (nSPS) is 10.2. The third-order valence-corrected chi connectivity index (χ3v) is 5.01. The number of benzene rings is 3. The van der Waals surface area contributed by atoms with Crippen LogP contribution in [0.25, 0.3) is 0 Å². The number of anilines is 1. The maximum atomic E-state index is 12.2. The molecule has 0 bridgehead atoms. The van der Waals surface area contributed by atoms with Crippen molar-refractivity contribution >= 4 is 17.5 Å². The number of hydrogen-bond acceptors (Lipinski definition) is 5. The lowest BCUT2D eigenvalue weighted by atomic mass is 10.1. The van der Waals surface area contributed by atoms with E-state index in [-0.39, 0.29) is 18.4 Å². The zero-order chi connectivity index (χ0) is 23.5. The summed E-state index contributed by atoms with van der Waals surface area (Å²) in [5, 5.41) is 8.51. The van der Waals surface area contributed by atoms with Gasteiger partial charge in [0.2, 0.25) is 5.91 Å². The Kier molecular flexibility index (Phi) is 8.71. The Balaban J connectivity index is 1.45. The van der Waals surface area contributed by atoms with Crippen molar-refractivity contribution in [3.8, 4) is 11.5 Å². The molecule has 7 heteroatoms. The number of rotatable bonds is 11. The van der Waals surface area contributed by atoms with E-state index in [0.29, 0.717) is 42.3 Å². The zero-order valence-electron chi connectivity index (χ0n) is 18.9. The number of carbonyl (C=O) groups is 2. The minimum absolute atomic E-state index is 0.118. The van der Waals surface area contributed by atoms with E-state index in [4.69, 9.17) is 9.47 Å². The molecule has 172 valence electrons. The van der Waals surface area contributed by atoms with Gasteiger partial charge in [0.25, 0.3) is 5.91 Å². The first-order chi connectivity index (χ1) is 16.1. The fraction of sp³-hybridized carbons (Fsp3) is 0.231. The predicted molar refractivity (Wildman–Crippen MR) is 129 cm³/mol. The highest BCUT2D eigenvalue weighted by molar-refractivity contribution is 5.95. The van der Waals surface area contributed by atoms with Crippen LogP contribution in [0.2, 0.25) is 0 Å². The lowest BCUT2D eigenvalue weighted by Crippen LogP contribution is -2.31. The van der Waals surface area contributed by atoms with Crippen LogP contribution in [0.15, 0.2) is 72.8 Å². The Morgan fingerprint density at radius 1 is 0.879 bits per heavy atom. The highest BCUT2D eigenvalue weighted by Gasteiger charge is 2.08. The number of methoxy groups -OCH3 is 1. The topological polar surface area (TPSA) is 88.7 Å². The van der Waals surface area contributed by atoms with Gasteiger partial charge in [-0.25, -0.2) is 0 Å². The maximum Gasteiger partial charge on any atom is 0.251 e. The van der Waals surface area contributed by atoms with Gasteiger partial charge in [-0.2, -0.15) is 0 Å². The molecule has 33 heavy (non-hydrogen) atoms. The highest BCUT2D eigenvalue weighted by Crippen LogP contribution is 2.29. The molecule has 0 saturated carbocycles. The summed E-state index contributed by atoms with van der Waals surface area (Å²) in [7, 11) is 3.19. The summed E-state index contributed by atoms with van der Waals surface area (Å²) in [6.07, 6.45) is 0.660. The molecule has 7 nitrogen and oxygen atoms in total. The molecule has 0 spiro atoms. The van der Waals surface area contributed by atoms with Crippen molar-refractivity contribution in [2.75, 3.05) is 32.6 Å². The van der Waals surface area contributed by atoms with E-state index < -0.39 is 0 Å². The van der Waals surface area contributed by atoms with Crippen LogP contribution in [0.1, 0.15) is 21.5 Å². The van der Waals surface area contributed by atoms with Crippen molar-refractivity contribution in [1.29, 1.82) is 0 Å². The summed E-state index contributed by atoms with van der Waals surface area (Å²) < 4.78 is 11.4. The number of amides is 2. The molecule has 0 aliphatic carbocycles. The Labute approximate surface area is 194 Å². The van der Waals surface area contributed by atoms with Crippen LogP contribution in [-0.2, 0) is 17.8 Å². The fourth-order valence-electron chi connectivity index (χ4n) is 3.23. The van der Waals surface area contributed by atoms with Gasteiger partial charge in [0.05, 0.1) is 13.7 Å². The smallest absolute Gasteiger partial charge is 0.251 e. The van der Waals surface area contributed by atoms with Crippen LogP contribution in [0.3, 0.4) is 0 Å². The van der Waals surface area contributed by atoms with E-state index in [1.54, 1.807) is 32.4 Å². The Bertz CT molecular complexity index is 1070. The summed E-state index contributed by atoms with van der Waals surface area (Å²) in [4.78, 5) is 23.9. The second-order valence-electron chi connectivity index (χ2n) is 7.37. The average Bonchev–Trinajstić information content (AvgIpc) is 2.86. The molecule has 0 saturated heterocycles. The molecule has 0 aliphatic heterocycles. The van der Waals surface area contributed by atoms with E-state index in [2.05, 4.69) is 16.0 Å². The summed E-state index contributed by atoms with van der Waals surface area (Å²) in [6, 6.07) is 22.7. The van der Waals surface area contributed by atoms with Gasteiger partial charge in [0, 0.05) is 24.8 Å². The van der Waals surface area contributed by atoms with Gasteiger partial charge in [-0.1, -0.05) is 42.5 Å². The number of ether oxygens (including phenoxy) is 2. The molecule has 0 aromatic heterocycles. The van der Waals surface area contributed by atoms with Crippen LogP contribution in [-0.4, -0.2) is 39.1 Å². The molecule has 0 fully saturated rings. The van der Waals surface area contributed by atoms with Crippen LogP contribution >= 0.6 is 0 Å². The summed E-state index contributed by atoms with van der Waals surface area (Å²) in [5.74, 6) is 1.04. The van der Waals surface area contributed by atoms with Crippen molar-refractivity contribution in [3.05, 3.63) is 89.5 Å². The molecule has 0 radical (unpaired) electrons. The highest BCUT2D eigenvalue weighted by atomic mass is 16.5. The first-order valence-electron chi connectivity index (χ1n) is 10.8. The molecular weight excluding hydrogens is 418 g/mol. The molecule has 0 atom stereocenters. The molecule has 0 unspecified atom stereocenters. The molecule has 2 amide bonds. The molecule has 3 N–H and O–H groups in total. The van der Waals surface area contributed by atoms with Crippen molar-refractivity contribution in [1.82, 2.24) is 10.6 Å². The molecule has 0 heterocycles. The van der Waals surface area contributed by atoms with Gasteiger partial charge < -0.3 is 25.4 Å². The van der Waals surface area contributed by atoms with Gasteiger partial charge >= 0.3 is 0 Å². The van der Waals surface area contributed by atoms with Gasteiger partial charge in [-0.05, 0) is 47.9 Å². The minimum Gasteiger partial charge on any atom is -0.493 e. The Morgan fingerprint density at radius 2 is 1.70 bits per heavy atom. The SMILES string of the molecule is CNC(=O)c1cccc(NCC(=O)NCCc2ccc(OCc3ccccc3)c(OC)c2)c1. The zero-order valence-corrected chi connectivity index (χ0v) is 18.9. The lowest BCUT2D eigenvalue weighted by Gasteiger charge is -2.13. The average molecular weight is 448 g/mol. The summed E-state index contributed by atoms with van der Waals surface area (Å²) in [6.45, 7) is 1.07. The summed E-state index contributed by atoms with van der Waals surface area (Å²) >= 11 is 0. The van der Waals surface area contributed by atoms with Crippen LogP contribution in [0, 0.1) is 0 Å². The lowest BCUT2D eigenvalue weighted by molar-refractivity contribution is -0.119. The van der Waals surface area contributed by atoms with E-state index in [9.17, 15) is 9.59 Å². The Hall–Kier alpha value is -4.00. The number of hydrogen-bond donors (Lipinski definition) is 3. The first kappa shape index (κ1) is 23.7. The van der Waals surface area contributed by atoms with Crippen molar-refractivity contribution in [2.45, 2.75) is 13.0 Å². The molecule has 3 aromatic rings. The Morgan fingerprint density at radius 3 is 2.45 bits per heavy atom. The second kappa shape index (κ2) is 12.1. The largest absolute Gasteiger partial charge is 0.493 e. The molecule has 3 rings (SSSR count). The van der Waals surface area contributed by atoms with E-state index in [1.807, 2.05) is 54.6 Å². The maximum absolute atomic E-state index is 12.2. The summed E-state index contributed by atoms with van der Waals surface area (Å²) in [5.41, 5.74) is 3.36. The number of carbonyl (C=O) groups excluding carboxylic acids is 2. The number of nitrogens with one attached hydrogen (secondary N) is 3. The van der Waals surface area contributed by atoms with Crippen molar-refractivity contribution in [2.24, 2.45) is 0 Å². The fourth-order valence-corrected chi connectivity index (χ4v) is 3.23. The third-order valence-electron chi connectivity index (χ3n) is 5.01. The van der Waals surface area contributed by atoms with Crippen LogP contribution < -0.4 is 25.4 Å². The van der Waals surface area contributed by atoms with E-state index >= 15 is 0 Å². The third kappa shape index (κ3) is 7.28. The van der Waals surface area contributed by atoms with Crippen LogP contribution in [0.4, 0.5) is 5.69 Å². The van der Waals surface area contributed by atoms with E-state index in [0.717, 1.165) is 11.1 Å². The monoisotopic (exact) mass is 447 g/mol. The van der Waals surface area contributed by atoms with Crippen molar-refractivity contribution < 1.29 is 19.1 Å². The van der Waals surface area contributed by atoms with Crippen LogP contribution in [0.5, 0.6) is 11.5 Å². The molecular formula is C26H29N3O4. The van der Waals surface area contributed by atoms with Gasteiger partial charge in [-0.15, -0.1) is 0 Å². The first-order valence-corrected chi connectivity index (χ1v) is 10.8.